The van der Waals surface area contributed by atoms with E-state index in [2.05, 4.69) is 12.2 Å². The first-order valence-electron chi connectivity index (χ1n) is 4.67. The van der Waals surface area contributed by atoms with E-state index in [0.29, 0.717) is 16.6 Å². The van der Waals surface area contributed by atoms with E-state index >= 15 is 0 Å². The zero-order valence-electron chi connectivity index (χ0n) is 7.92. The quantitative estimate of drug-likeness (QED) is 0.808. The zero-order valence-corrected chi connectivity index (χ0v) is 8.67. The van der Waals surface area contributed by atoms with Crippen LogP contribution in [0.15, 0.2) is 18.2 Å². The van der Waals surface area contributed by atoms with Crippen LogP contribution in [0.25, 0.3) is 0 Å². The van der Waals surface area contributed by atoms with Crippen molar-refractivity contribution in [1.82, 2.24) is 0 Å². The SMILES string of the molecule is CC1CC1Nc1ccc(C#N)c(Cl)c1. The van der Waals surface area contributed by atoms with Crippen LogP contribution in [0, 0.1) is 17.2 Å². The summed E-state index contributed by atoms with van der Waals surface area (Å²) in [6.07, 6.45) is 1.22. The lowest BCUT2D eigenvalue weighted by molar-refractivity contribution is 0.929. The summed E-state index contributed by atoms with van der Waals surface area (Å²) >= 11 is 5.91. The van der Waals surface area contributed by atoms with Gasteiger partial charge in [0.1, 0.15) is 6.07 Å². The lowest BCUT2D eigenvalue weighted by atomic mass is 10.2. The Morgan fingerprint density at radius 1 is 1.57 bits per heavy atom. The summed E-state index contributed by atoms with van der Waals surface area (Å²) in [7, 11) is 0. The van der Waals surface area contributed by atoms with Crippen LogP contribution in [0.4, 0.5) is 5.69 Å². The first-order valence-corrected chi connectivity index (χ1v) is 5.04. The minimum atomic E-state index is 0.519. The molecule has 1 N–H and O–H groups in total. The van der Waals surface area contributed by atoms with Crippen LogP contribution in [-0.2, 0) is 0 Å². The van der Waals surface area contributed by atoms with Gasteiger partial charge in [0.25, 0.3) is 0 Å². The highest BCUT2D eigenvalue weighted by molar-refractivity contribution is 6.32. The van der Waals surface area contributed by atoms with Crippen molar-refractivity contribution < 1.29 is 0 Å². The Kier molecular flexibility index (Phi) is 2.35. The summed E-state index contributed by atoms with van der Waals surface area (Å²) in [5.74, 6) is 0.754. The molecule has 2 rings (SSSR count). The number of nitrogens with zero attached hydrogens (tertiary/aromatic N) is 1. The highest BCUT2D eigenvalue weighted by atomic mass is 35.5. The van der Waals surface area contributed by atoms with Crippen molar-refractivity contribution in [2.75, 3.05) is 5.32 Å². The minimum Gasteiger partial charge on any atom is -0.382 e. The zero-order chi connectivity index (χ0) is 10.1. The molecular formula is C11H11ClN2. The number of hydrogen-bond donors (Lipinski definition) is 1. The first-order chi connectivity index (χ1) is 6.70. The highest BCUT2D eigenvalue weighted by Crippen LogP contribution is 2.33. The maximum Gasteiger partial charge on any atom is 0.101 e. The van der Waals surface area contributed by atoms with Crippen molar-refractivity contribution in [3.05, 3.63) is 28.8 Å². The Hall–Kier alpha value is -1.20. The van der Waals surface area contributed by atoms with Gasteiger partial charge >= 0.3 is 0 Å². The Morgan fingerprint density at radius 3 is 2.79 bits per heavy atom. The summed E-state index contributed by atoms with van der Waals surface area (Å²) in [4.78, 5) is 0. The molecule has 2 unspecified atom stereocenters. The van der Waals surface area contributed by atoms with Gasteiger partial charge in [-0.25, -0.2) is 0 Å². The lowest BCUT2D eigenvalue weighted by Crippen LogP contribution is -2.03. The molecule has 1 saturated carbocycles. The van der Waals surface area contributed by atoms with Crippen LogP contribution in [-0.4, -0.2) is 6.04 Å². The van der Waals surface area contributed by atoms with Gasteiger partial charge in [-0.15, -0.1) is 0 Å². The summed E-state index contributed by atoms with van der Waals surface area (Å²) in [5.41, 5.74) is 1.53. The number of nitriles is 1. The normalized spacial score (nSPS) is 24.1. The summed E-state index contributed by atoms with van der Waals surface area (Å²) in [6, 6.07) is 8.08. The molecule has 0 aromatic heterocycles. The standard InChI is InChI=1S/C11H11ClN2/c1-7-4-11(7)14-9-3-2-8(6-13)10(12)5-9/h2-3,5,7,11,14H,4H2,1H3. The smallest absolute Gasteiger partial charge is 0.101 e. The molecule has 2 atom stereocenters. The van der Waals surface area contributed by atoms with Crippen molar-refractivity contribution in [2.24, 2.45) is 5.92 Å². The molecule has 1 aromatic rings. The van der Waals surface area contributed by atoms with Crippen LogP contribution in [0.3, 0.4) is 0 Å². The van der Waals surface area contributed by atoms with E-state index in [9.17, 15) is 0 Å². The Labute approximate surface area is 88.5 Å². The fourth-order valence-corrected chi connectivity index (χ4v) is 1.66. The Bertz CT molecular complexity index is 395. The predicted octanol–water partition coefficient (Wildman–Crippen LogP) is 3.03. The summed E-state index contributed by atoms with van der Waals surface area (Å²) in [5, 5.41) is 12.6. The average molecular weight is 207 g/mol. The van der Waals surface area contributed by atoms with E-state index in [-0.39, 0.29) is 0 Å². The van der Waals surface area contributed by atoms with Crippen LogP contribution in [0.1, 0.15) is 18.9 Å². The number of anilines is 1. The highest BCUT2D eigenvalue weighted by Gasteiger charge is 2.32. The van der Waals surface area contributed by atoms with Crippen LogP contribution >= 0.6 is 11.6 Å². The number of rotatable bonds is 2. The second-order valence-corrected chi connectivity index (χ2v) is 4.18. The fraction of sp³-hybridized carbons (Fsp3) is 0.364. The van der Waals surface area contributed by atoms with E-state index in [0.717, 1.165) is 11.6 Å². The van der Waals surface area contributed by atoms with Gasteiger partial charge in [0, 0.05) is 11.7 Å². The molecule has 0 spiro atoms. The van der Waals surface area contributed by atoms with E-state index in [1.54, 1.807) is 6.07 Å². The number of nitrogens with one attached hydrogen (secondary N) is 1. The van der Waals surface area contributed by atoms with Gasteiger partial charge in [0.15, 0.2) is 0 Å². The second kappa shape index (κ2) is 3.51. The number of benzene rings is 1. The van der Waals surface area contributed by atoms with E-state index in [4.69, 9.17) is 16.9 Å². The van der Waals surface area contributed by atoms with Gasteiger partial charge in [0.2, 0.25) is 0 Å². The third-order valence-corrected chi connectivity index (χ3v) is 2.86. The fourth-order valence-electron chi connectivity index (χ4n) is 1.43. The molecule has 0 bridgehead atoms. The molecule has 72 valence electrons. The van der Waals surface area contributed by atoms with Crippen molar-refractivity contribution in [3.8, 4) is 6.07 Å². The van der Waals surface area contributed by atoms with Gasteiger partial charge in [-0.1, -0.05) is 18.5 Å². The molecule has 1 fully saturated rings. The third-order valence-electron chi connectivity index (χ3n) is 2.55. The molecule has 0 amide bonds. The third kappa shape index (κ3) is 1.83. The van der Waals surface area contributed by atoms with Gasteiger partial charge < -0.3 is 5.32 Å². The van der Waals surface area contributed by atoms with Gasteiger partial charge in [-0.2, -0.15) is 5.26 Å². The maximum atomic E-state index is 8.69. The van der Waals surface area contributed by atoms with Crippen molar-refractivity contribution in [3.63, 3.8) is 0 Å². The van der Waals surface area contributed by atoms with E-state index < -0.39 is 0 Å². The molecule has 1 aliphatic carbocycles. The van der Waals surface area contributed by atoms with E-state index in [1.165, 1.54) is 6.42 Å². The molecule has 3 heteroatoms. The maximum absolute atomic E-state index is 8.69. The second-order valence-electron chi connectivity index (χ2n) is 3.77. The van der Waals surface area contributed by atoms with Crippen molar-refractivity contribution >= 4 is 17.3 Å². The minimum absolute atomic E-state index is 0.519. The van der Waals surface area contributed by atoms with Gasteiger partial charge in [-0.05, 0) is 30.5 Å². The Balaban J connectivity index is 2.13. The summed E-state index contributed by atoms with van der Waals surface area (Å²) < 4.78 is 0. The van der Waals surface area contributed by atoms with Crippen LogP contribution < -0.4 is 5.32 Å². The monoisotopic (exact) mass is 206 g/mol. The van der Waals surface area contributed by atoms with E-state index in [1.807, 2.05) is 18.2 Å². The molecule has 2 nitrogen and oxygen atoms in total. The molecule has 1 aromatic carbocycles. The van der Waals surface area contributed by atoms with Crippen LogP contribution in [0.5, 0.6) is 0 Å². The first kappa shape index (κ1) is 9.36. The molecule has 1 aliphatic rings. The summed E-state index contributed by atoms with van der Waals surface area (Å²) in [6.45, 7) is 2.21. The molecular weight excluding hydrogens is 196 g/mol. The predicted molar refractivity (Wildman–Crippen MR) is 57.4 cm³/mol. The molecule has 0 heterocycles. The van der Waals surface area contributed by atoms with Crippen LogP contribution in [0.2, 0.25) is 5.02 Å². The largest absolute Gasteiger partial charge is 0.382 e. The lowest BCUT2D eigenvalue weighted by Gasteiger charge is -2.05. The number of hydrogen-bond acceptors (Lipinski definition) is 2. The van der Waals surface area contributed by atoms with Gasteiger partial charge in [-0.3, -0.25) is 0 Å². The van der Waals surface area contributed by atoms with Crippen molar-refractivity contribution in [2.45, 2.75) is 19.4 Å². The molecule has 0 aliphatic heterocycles. The Morgan fingerprint density at radius 2 is 2.29 bits per heavy atom. The molecule has 0 saturated heterocycles. The molecule has 14 heavy (non-hydrogen) atoms. The topological polar surface area (TPSA) is 35.8 Å². The average Bonchev–Trinajstić information content (AvgIpc) is 2.82. The van der Waals surface area contributed by atoms with Crippen molar-refractivity contribution in [1.29, 1.82) is 5.26 Å². The van der Waals surface area contributed by atoms with Gasteiger partial charge in [0.05, 0.1) is 10.6 Å². The number of halogens is 1. The molecule has 0 radical (unpaired) electrons.